The number of aliphatic hydroxyl groups excluding tert-OH is 2. The average molecular weight is 649 g/mol. The van der Waals surface area contributed by atoms with Crippen LogP contribution in [0.1, 0.15) is 133 Å². The van der Waals surface area contributed by atoms with Crippen LogP contribution in [0.5, 0.6) is 0 Å². The van der Waals surface area contributed by atoms with Crippen LogP contribution in [0.25, 0.3) is 0 Å². The van der Waals surface area contributed by atoms with Crippen molar-refractivity contribution in [2.24, 2.45) is 46.3 Å². The van der Waals surface area contributed by atoms with E-state index in [4.69, 9.17) is 18.9 Å². The first-order chi connectivity index (χ1) is 21.4. The standard InChI is InChI=1S/2C20H36O3/c2*1-7-19(5,6)18(21)12-16-10-11-22-20(23-16)13-15(4)8-9-17(20)14(2)3/h2*7,14-18,21H,1,8-13H2,2-6H3/t15-,16+,17+,18+,20?;15-,16+,17+,18-,20?/m11/s1. The maximum absolute atomic E-state index is 10.6. The number of hydrogen-bond acceptors (Lipinski definition) is 6. The van der Waals surface area contributed by atoms with Gasteiger partial charge in [0.15, 0.2) is 11.6 Å². The molecular formula is C40H72O6. The van der Waals surface area contributed by atoms with Crippen LogP contribution in [0.3, 0.4) is 0 Å². The van der Waals surface area contributed by atoms with Crippen LogP contribution in [0.2, 0.25) is 0 Å². The highest BCUT2D eigenvalue weighted by molar-refractivity contribution is 4.98. The molecule has 0 aromatic rings. The van der Waals surface area contributed by atoms with Crippen molar-refractivity contribution >= 4 is 0 Å². The summed E-state index contributed by atoms with van der Waals surface area (Å²) in [5, 5.41) is 21.1. The average Bonchev–Trinajstić information content (AvgIpc) is 2.97. The molecule has 0 bridgehead atoms. The molecular weight excluding hydrogens is 576 g/mol. The molecule has 10 atom stereocenters. The number of ether oxygens (including phenoxy) is 4. The van der Waals surface area contributed by atoms with Gasteiger partial charge in [0.2, 0.25) is 0 Å². The first kappa shape index (κ1) is 39.7. The van der Waals surface area contributed by atoms with Crippen molar-refractivity contribution in [3.8, 4) is 0 Å². The van der Waals surface area contributed by atoms with E-state index in [0.29, 0.717) is 48.3 Å². The fraction of sp³-hybridized carbons (Fsp3) is 0.900. The Morgan fingerprint density at radius 3 is 1.30 bits per heavy atom. The van der Waals surface area contributed by atoms with Gasteiger partial charge in [-0.25, -0.2) is 0 Å². The zero-order valence-corrected chi connectivity index (χ0v) is 31.4. The molecule has 2 saturated carbocycles. The molecule has 4 aliphatic rings. The van der Waals surface area contributed by atoms with Gasteiger partial charge >= 0.3 is 0 Å². The molecule has 46 heavy (non-hydrogen) atoms. The Kier molecular flexibility index (Phi) is 14.1. The van der Waals surface area contributed by atoms with Gasteiger partial charge < -0.3 is 29.2 Å². The summed E-state index contributed by atoms with van der Waals surface area (Å²) in [6, 6.07) is 0. The van der Waals surface area contributed by atoms with E-state index in [0.717, 1.165) is 38.9 Å². The number of aliphatic hydroxyl groups is 2. The first-order valence-corrected chi connectivity index (χ1v) is 18.7. The molecule has 0 radical (unpaired) electrons. The van der Waals surface area contributed by atoms with Crippen molar-refractivity contribution in [1.29, 1.82) is 0 Å². The molecule has 2 saturated heterocycles. The Balaban J connectivity index is 0.000000250. The molecule has 2 aliphatic heterocycles. The van der Waals surface area contributed by atoms with Gasteiger partial charge in [-0.2, -0.15) is 0 Å². The predicted octanol–water partition coefficient (Wildman–Crippen LogP) is 9.09. The summed E-state index contributed by atoms with van der Waals surface area (Å²) in [6.45, 7) is 31.0. The fourth-order valence-electron chi connectivity index (χ4n) is 8.32. The van der Waals surface area contributed by atoms with Crippen molar-refractivity contribution in [3.63, 3.8) is 0 Å². The molecule has 6 nitrogen and oxygen atoms in total. The second kappa shape index (κ2) is 16.3. The topological polar surface area (TPSA) is 77.4 Å². The minimum atomic E-state index is -0.438. The van der Waals surface area contributed by atoms with Crippen molar-refractivity contribution in [2.45, 2.75) is 169 Å². The monoisotopic (exact) mass is 649 g/mol. The van der Waals surface area contributed by atoms with Gasteiger partial charge in [0.05, 0.1) is 37.6 Å². The molecule has 0 aromatic carbocycles. The highest BCUT2D eigenvalue weighted by Gasteiger charge is 2.51. The summed E-state index contributed by atoms with van der Waals surface area (Å²) < 4.78 is 25.6. The molecule has 0 amide bonds. The fourth-order valence-corrected chi connectivity index (χ4v) is 8.32. The zero-order valence-electron chi connectivity index (χ0n) is 31.4. The summed E-state index contributed by atoms with van der Waals surface area (Å²) >= 11 is 0. The third-order valence-electron chi connectivity index (χ3n) is 12.0. The smallest absolute Gasteiger partial charge is 0.171 e. The molecule has 268 valence electrons. The van der Waals surface area contributed by atoms with E-state index < -0.39 is 23.8 Å². The second-order valence-corrected chi connectivity index (χ2v) is 17.4. The normalized spacial score (nSPS) is 37.1. The van der Waals surface area contributed by atoms with Crippen LogP contribution in [-0.4, -0.2) is 59.4 Å². The molecule has 6 heteroatoms. The maximum atomic E-state index is 10.6. The van der Waals surface area contributed by atoms with E-state index in [9.17, 15) is 10.2 Å². The zero-order chi connectivity index (χ0) is 34.5. The Labute approximate surface area is 283 Å². The van der Waals surface area contributed by atoms with Crippen LogP contribution in [0.15, 0.2) is 25.3 Å². The van der Waals surface area contributed by atoms with Gasteiger partial charge in [-0.15, -0.1) is 13.2 Å². The van der Waals surface area contributed by atoms with Crippen molar-refractivity contribution < 1.29 is 29.2 Å². The largest absolute Gasteiger partial charge is 0.392 e. The summed E-state index contributed by atoms with van der Waals surface area (Å²) in [6.07, 6.45) is 12.8. The highest BCUT2D eigenvalue weighted by Crippen LogP contribution is 2.49. The lowest BCUT2D eigenvalue weighted by Gasteiger charge is -2.51. The lowest BCUT2D eigenvalue weighted by Crippen LogP contribution is -2.55. The summed E-state index contributed by atoms with van der Waals surface area (Å²) in [5.41, 5.74) is -0.571. The van der Waals surface area contributed by atoms with E-state index in [1.165, 1.54) is 25.7 Å². The number of hydrogen-bond donors (Lipinski definition) is 2. The van der Waals surface area contributed by atoms with Gasteiger partial charge in [-0.1, -0.05) is 94.2 Å². The third kappa shape index (κ3) is 9.69. The second-order valence-electron chi connectivity index (χ2n) is 17.4. The van der Waals surface area contributed by atoms with Crippen molar-refractivity contribution in [2.75, 3.05) is 13.2 Å². The van der Waals surface area contributed by atoms with E-state index in [-0.39, 0.29) is 23.0 Å². The minimum absolute atomic E-state index is 0.0736. The van der Waals surface area contributed by atoms with Gasteiger partial charge in [-0.3, -0.25) is 0 Å². The summed E-state index contributed by atoms with van der Waals surface area (Å²) in [7, 11) is 0. The predicted molar refractivity (Wildman–Crippen MR) is 188 cm³/mol. The van der Waals surface area contributed by atoms with E-state index >= 15 is 0 Å². The first-order valence-electron chi connectivity index (χ1n) is 18.7. The minimum Gasteiger partial charge on any atom is -0.392 e. The van der Waals surface area contributed by atoms with Crippen LogP contribution in [-0.2, 0) is 18.9 Å². The molecule has 4 rings (SSSR count). The Morgan fingerprint density at radius 1 is 0.652 bits per heavy atom. The lowest BCUT2D eigenvalue weighted by atomic mass is 9.72. The quantitative estimate of drug-likeness (QED) is 0.230. The molecule has 0 aromatic heterocycles. The van der Waals surface area contributed by atoms with Gasteiger partial charge in [0.1, 0.15) is 0 Å². The SMILES string of the molecule is C=CC(C)(C)[C@@H](O)C[C@@H]1CCOC2(C[C@H](C)CC[C@H]2C(C)C)O1.C=CC(C)(C)[C@H](O)C[C@@H]1CCOC2(C[C@H](C)CC[C@H]2C(C)C)O1. The molecule has 4 fully saturated rings. The molecule has 2 spiro atoms. The Bertz CT molecular complexity index is 883. The molecule has 2 aliphatic carbocycles. The highest BCUT2D eigenvalue weighted by atomic mass is 16.7. The van der Waals surface area contributed by atoms with Gasteiger partial charge in [-0.05, 0) is 49.4 Å². The summed E-state index contributed by atoms with van der Waals surface area (Å²) in [5.74, 6) is 2.40. The molecule has 2 N–H and O–H groups in total. The van der Waals surface area contributed by atoms with E-state index in [1.54, 1.807) is 0 Å². The lowest BCUT2D eigenvalue weighted by molar-refractivity contribution is -0.342. The van der Waals surface area contributed by atoms with Crippen molar-refractivity contribution in [1.82, 2.24) is 0 Å². The molecule has 2 heterocycles. The van der Waals surface area contributed by atoms with Crippen LogP contribution < -0.4 is 0 Å². The van der Waals surface area contributed by atoms with E-state index in [2.05, 4.69) is 54.7 Å². The number of rotatable bonds is 10. The van der Waals surface area contributed by atoms with Gasteiger partial charge in [0, 0.05) is 48.3 Å². The Morgan fingerprint density at radius 2 is 1.00 bits per heavy atom. The molecule has 2 unspecified atom stereocenters. The summed E-state index contributed by atoms with van der Waals surface area (Å²) in [4.78, 5) is 0. The van der Waals surface area contributed by atoms with Crippen molar-refractivity contribution in [3.05, 3.63) is 25.3 Å². The van der Waals surface area contributed by atoms with Crippen LogP contribution in [0, 0.1) is 46.3 Å². The Hall–Kier alpha value is -0.760. The third-order valence-corrected chi connectivity index (χ3v) is 12.0. The van der Waals surface area contributed by atoms with Crippen LogP contribution >= 0.6 is 0 Å². The van der Waals surface area contributed by atoms with Crippen LogP contribution in [0.4, 0.5) is 0 Å². The van der Waals surface area contributed by atoms with E-state index in [1.807, 2.05) is 39.8 Å². The van der Waals surface area contributed by atoms with Gasteiger partial charge in [0.25, 0.3) is 0 Å². The maximum Gasteiger partial charge on any atom is 0.171 e.